The van der Waals surface area contributed by atoms with Crippen LogP contribution in [0.5, 0.6) is 0 Å². The lowest BCUT2D eigenvalue weighted by Gasteiger charge is -2.31. The lowest BCUT2D eigenvalue weighted by molar-refractivity contribution is -0.146. The number of carboxylic acids is 1. The second kappa shape index (κ2) is 7.40. The van der Waals surface area contributed by atoms with E-state index in [1.165, 1.54) is 16.2 Å². The molecule has 1 aliphatic rings. The van der Waals surface area contributed by atoms with Gasteiger partial charge in [-0.15, -0.1) is 0 Å². The summed E-state index contributed by atoms with van der Waals surface area (Å²) in [6.45, 7) is 0.936. The number of carboxylic acid groups (broad SMARTS) is 1. The Morgan fingerprint density at radius 1 is 1.36 bits per heavy atom. The summed E-state index contributed by atoms with van der Waals surface area (Å²) in [6, 6.07) is 1.90. The molecule has 0 aromatic carbocycles. The van der Waals surface area contributed by atoms with Crippen LogP contribution in [0, 0.1) is 5.92 Å². The first-order valence-electron chi connectivity index (χ1n) is 7.23. The molecule has 6 nitrogen and oxygen atoms in total. The molecular formula is C15H20N2O4S. The third-order valence-corrected chi connectivity index (χ3v) is 4.66. The Morgan fingerprint density at radius 3 is 2.59 bits per heavy atom. The maximum Gasteiger partial charge on any atom is 0.306 e. The summed E-state index contributed by atoms with van der Waals surface area (Å²) in [5, 5.41) is 12.8. The summed E-state index contributed by atoms with van der Waals surface area (Å²) in [7, 11) is 1.62. The summed E-state index contributed by atoms with van der Waals surface area (Å²) < 4.78 is 0. The van der Waals surface area contributed by atoms with Crippen molar-refractivity contribution < 1.29 is 19.5 Å². The van der Waals surface area contributed by atoms with Crippen LogP contribution in [-0.4, -0.2) is 59.4 Å². The van der Waals surface area contributed by atoms with E-state index in [4.69, 9.17) is 5.11 Å². The second-order valence-electron chi connectivity index (χ2n) is 5.55. The molecule has 0 atom stereocenters. The second-order valence-corrected chi connectivity index (χ2v) is 6.33. The topological polar surface area (TPSA) is 77.9 Å². The number of thiophene rings is 1. The Bertz CT molecular complexity index is 536. The Kier molecular flexibility index (Phi) is 5.54. The van der Waals surface area contributed by atoms with Gasteiger partial charge in [0, 0.05) is 20.1 Å². The molecule has 2 amide bonds. The van der Waals surface area contributed by atoms with Crippen LogP contribution in [0.25, 0.3) is 0 Å². The number of hydrogen-bond acceptors (Lipinski definition) is 4. The number of piperidine rings is 1. The highest BCUT2D eigenvalue weighted by Gasteiger charge is 2.27. The zero-order chi connectivity index (χ0) is 16.1. The van der Waals surface area contributed by atoms with Gasteiger partial charge >= 0.3 is 5.97 Å². The molecule has 0 spiro atoms. The van der Waals surface area contributed by atoms with Gasteiger partial charge in [0.15, 0.2) is 0 Å². The lowest BCUT2D eigenvalue weighted by atomic mass is 9.97. The van der Waals surface area contributed by atoms with E-state index in [0.29, 0.717) is 32.4 Å². The Labute approximate surface area is 133 Å². The Hall–Kier alpha value is -1.89. The van der Waals surface area contributed by atoms with Crippen LogP contribution >= 0.6 is 11.3 Å². The molecule has 0 bridgehead atoms. The van der Waals surface area contributed by atoms with Crippen molar-refractivity contribution in [2.45, 2.75) is 19.3 Å². The van der Waals surface area contributed by atoms with Gasteiger partial charge in [-0.2, -0.15) is 11.3 Å². The van der Waals surface area contributed by atoms with Crippen molar-refractivity contribution in [1.29, 1.82) is 0 Å². The molecule has 0 unspecified atom stereocenters. The highest BCUT2D eigenvalue weighted by atomic mass is 32.1. The minimum atomic E-state index is -0.796. The molecule has 1 N–H and O–H groups in total. The van der Waals surface area contributed by atoms with Crippen LogP contribution in [0.3, 0.4) is 0 Å². The number of aliphatic carboxylic acids is 1. The fourth-order valence-electron chi connectivity index (χ4n) is 2.47. The van der Waals surface area contributed by atoms with Crippen LogP contribution in [0.1, 0.15) is 18.4 Å². The van der Waals surface area contributed by atoms with E-state index < -0.39 is 5.97 Å². The van der Waals surface area contributed by atoms with E-state index in [1.807, 2.05) is 16.8 Å². The molecule has 7 heteroatoms. The zero-order valence-corrected chi connectivity index (χ0v) is 13.3. The molecule has 1 aromatic heterocycles. The molecule has 0 radical (unpaired) electrons. The highest BCUT2D eigenvalue weighted by molar-refractivity contribution is 7.08. The SMILES string of the molecule is CN(CC(=O)N1CCC(C(=O)O)CC1)C(=O)Cc1ccsc1. The standard InChI is InChI=1S/C15H20N2O4S/c1-16(13(18)8-11-4-7-22-10-11)9-14(19)17-5-2-12(3-6-17)15(20)21/h4,7,10,12H,2-3,5-6,8-9H2,1H3,(H,20,21). The number of carbonyl (C=O) groups excluding carboxylic acids is 2. The molecule has 1 fully saturated rings. The number of rotatable bonds is 5. The Balaban J connectivity index is 1.79. The van der Waals surface area contributed by atoms with Crippen LogP contribution < -0.4 is 0 Å². The molecule has 2 heterocycles. The molecule has 0 aliphatic carbocycles. The van der Waals surface area contributed by atoms with Crippen LogP contribution in [-0.2, 0) is 20.8 Å². The molecule has 22 heavy (non-hydrogen) atoms. The minimum absolute atomic E-state index is 0.0424. The fourth-order valence-corrected chi connectivity index (χ4v) is 3.14. The number of likely N-dealkylation sites (N-methyl/N-ethyl adjacent to an activating group) is 1. The first-order valence-corrected chi connectivity index (χ1v) is 8.17. The van der Waals surface area contributed by atoms with Crippen molar-refractivity contribution in [1.82, 2.24) is 9.80 Å². The number of nitrogens with zero attached hydrogens (tertiary/aromatic N) is 2. The van der Waals surface area contributed by atoms with E-state index in [-0.39, 0.29) is 24.3 Å². The number of carbonyl (C=O) groups is 3. The predicted molar refractivity (Wildman–Crippen MR) is 82.6 cm³/mol. The third kappa shape index (κ3) is 4.30. The van der Waals surface area contributed by atoms with Crippen LogP contribution in [0.2, 0.25) is 0 Å². The van der Waals surface area contributed by atoms with Crippen molar-refractivity contribution >= 4 is 29.1 Å². The van der Waals surface area contributed by atoms with Crippen LogP contribution in [0.4, 0.5) is 0 Å². The lowest BCUT2D eigenvalue weighted by Crippen LogP contribution is -2.45. The average Bonchev–Trinajstić information content (AvgIpc) is 3.00. The van der Waals surface area contributed by atoms with Gasteiger partial charge in [0.05, 0.1) is 18.9 Å². The van der Waals surface area contributed by atoms with Gasteiger partial charge in [-0.05, 0) is 35.2 Å². The van der Waals surface area contributed by atoms with Crippen molar-refractivity contribution in [2.75, 3.05) is 26.7 Å². The largest absolute Gasteiger partial charge is 0.481 e. The van der Waals surface area contributed by atoms with Gasteiger partial charge in [0.1, 0.15) is 0 Å². The summed E-state index contributed by atoms with van der Waals surface area (Å²) in [4.78, 5) is 38.2. The van der Waals surface area contributed by atoms with Crippen molar-refractivity contribution in [3.63, 3.8) is 0 Å². The van der Waals surface area contributed by atoms with Gasteiger partial charge in [-0.1, -0.05) is 0 Å². The number of hydrogen-bond donors (Lipinski definition) is 1. The van der Waals surface area contributed by atoms with Crippen LogP contribution in [0.15, 0.2) is 16.8 Å². The van der Waals surface area contributed by atoms with Gasteiger partial charge < -0.3 is 14.9 Å². The van der Waals surface area contributed by atoms with Crippen molar-refractivity contribution in [2.24, 2.45) is 5.92 Å². The molecule has 120 valence electrons. The number of amides is 2. The van der Waals surface area contributed by atoms with Crippen molar-refractivity contribution in [3.8, 4) is 0 Å². The normalized spacial score (nSPS) is 15.6. The van der Waals surface area contributed by atoms with E-state index in [2.05, 4.69) is 0 Å². The van der Waals surface area contributed by atoms with Gasteiger partial charge in [0.2, 0.25) is 11.8 Å². The molecular weight excluding hydrogens is 304 g/mol. The quantitative estimate of drug-likeness (QED) is 0.879. The zero-order valence-electron chi connectivity index (χ0n) is 12.5. The summed E-state index contributed by atoms with van der Waals surface area (Å²) >= 11 is 1.54. The highest BCUT2D eigenvalue weighted by Crippen LogP contribution is 2.17. The summed E-state index contributed by atoms with van der Waals surface area (Å²) in [5.74, 6) is -1.37. The predicted octanol–water partition coefficient (Wildman–Crippen LogP) is 1.07. The smallest absolute Gasteiger partial charge is 0.306 e. The minimum Gasteiger partial charge on any atom is -0.481 e. The molecule has 2 rings (SSSR count). The van der Waals surface area contributed by atoms with Gasteiger partial charge in [-0.25, -0.2) is 0 Å². The molecule has 1 aliphatic heterocycles. The monoisotopic (exact) mass is 324 g/mol. The number of likely N-dealkylation sites (tertiary alicyclic amines) is 1. The average molecular weight is 324 g/mol. The third-order valence-electron chi connectivity index (χ3n) is 3.93. The van der Waals surface area contributed by atoms with E-state index >= 15 is 0 Å². The maximum absolute atomic E-state index is 12.2. The first kappa shape index (κ1) is 16.5. The van der Waals surface area contributed by atoms with Crippen molar-refractivity contribution in [3.05, 3.63) is 22.4 Å². The first-order chi connectivity index (χ1) is 10.5. The van der Waals surface area contributed by atoms with Gasteiger partial charge in [-0.3, -0.25) is 14.4 Å². The van der Waals surface area contributed by atoms with E-state index in [9.17, 15) is 14.4 Å². The van der Waals surface area contributed by atoms with Gasteiger partial charge in [0.25, 0.3) is 0 Å². The Morgan fingerprint density at radius 2 is 2.05 bits per heavy atom. The van der Waals surface area contributed by atoms with E-state index in [1.54, 1.807) is 11.9 Å². The summed E-state index contributed by atoms with van der Waals surface area (Å²) in [5.41, 5.74) is 0.955. The summed E-state index contributed by atoms with van der Waals surface area (Å²) in [6.07, 6.45) is 1.26. The maximum atomic E-state index is 12.2. The van der Waals surface area contributed by atoms with E-state index in [0.717, 1.165) is 5.56 Å². The molecule has 0 saturated carbocycles. The molecule has 1 saturated heterocycles. The molecule has 1 aromatic rings. The fraction of sp³-hybridized carbons (Fsp3) is 0.533.